The van der Waals surface area contributed by atoms with Crippen molar-refractivity contribution in [3.8, 4) is 0 Å². The molecule has 0 spiro atoms. The largest absolute Gasteiger partial charge is 0.308 e. The highest BCUT2D eigenvalue weighted by Gasteiger charge is 2.03. The minimum Gasteiger partial charge on any atom is -0.308 e. The van der Waals surface area contributed by atoms with Crippen molar-refractivity contribution in [3.05, 3.63) is 12.7 Å². The molecule has 0 saturated carbocycles. The summed E-state index contributed by atoms with van der Waals surface area (Å²) in [6.07, 6.45) is 8.69. The highest BCUT2D eigenvalue weighted by atomic mass is 14.9. The van der Waals surface area contributed by atoms with E-state index in [4.69, 9.17) is 0 Å². The van der Waals surface area contributed by atoms with Crippen LogP contribution in [0.2, 0.25) is 0 Å². The van der Waals surface area contributed by atoms with E-state index in [0.717, 1.165) is 0 Å². The number of nitrogens with one attached hydrogen (secondary N) is 1. The maximum absolute atomic E-state index is 3.76. The van der Waals surface area contributed by atoms with Gasteiger partial charge in [-0.3, -0.25) is 0 Å². The normalized spacial score (nSPS) is 15.3. The SMILES string of the molecule is C=CC(C)NC(C)CCCCCC. The average Bonchev–Trinajstić information content (AvgIpc) is 2.12. The van der Waals surface area contributed by atoms with Crippen LogP contribution in [-0.2, 0) is 0 Å². The second-order valence-electron chi connectivity index (χ2n) is 3.94. The van der Waals surface area contributed by atoms with Crippen molar-refractivity contribution in [1.29, 1.82) is 0 Å². The Kier molecular flexibility index (Phi) is 8.11. The molecule has 0 aromatic carbocycles. The van der Waals surface area contributed by atoms with Crippen LogP contribution in [0.3, 0.4) is 0 Å². The summed E-state index contributed by atoms with van der Waals surface area (Å²) in [4.78, 5) is 0. The Morgan fingerprint density at radius 2 is 1.92 bits per heavy atom. The van der Waals surface area contributed by atoms with E-state index in [1.165, 1.54) is 32.1 Å². The third-order valence-corrected chi connectivity index (χ3v) is 2.39. The number of hydrogen-bond donors (Lipinski definition) is 1. The molecule has 0 radical (unpaired) electrons. The summed E-state index contributed by atoms with van der Waals surface area (Å²) in [5.74, 6) is 0. The number of hydrogen-bond acceptors (Lipinski definition) is 1. The molecule has 0 rings (SSSR count). The molecule has 2 atom stereocenters. The van der Waals surface area contributed by atoms with Crippen LogP contribution in [0.4, 0.5) is 0 Å². The van der Waals surface area contributed by atoms with Gasteiger partial charge in [0, 0.05) is 12.1 Å². The molecule has 0 amide bonds. The predicted molar refractivity (Wildman–Crippen MR) is 61.0 cm³/mol. The lowest BCUT2D eigenvalue weighted by Gasteiger charge is -2.16. The van der Waals surface area contributed by atoms with E-state index in [0.29, 0.717) is 12.1 Å². The Bertz CT molecular complexity index is 120. The molecule has 13 heavy (non-hydrogen) atoms. The molecule has 1 N–H and O–H groups in total. The summed E-state index contributed by atoms with van der Waals surface area (Å²) in [7, 11) is 0. The van der Waals surface area contributed by atoms with E-state index in [-0.39, 0.29) is 0 Å². The van der Waals surface area contributed by atoms with E-state index in [9.17, 15) is 0 Å². The van der Waals surface area contributed by atoms with Gasteiger partial charge in [-0.1, -0.05) is 38.7 Å². The molecule has 0 aromatic rings. The van der Waals surface area contributed by atoms with E-state index in [1.54, 1.807) is 0 Å². The molecule has 2 unspecified atom stereocenters. The van der Waals surface area contributed by atoms with Crippen LogP contribution in [0.15, 0.2) is 12.7 Å². The van der Waals surface area contributed by atoms with Gasteiger partial charge in [-0.25, -0.2) is 0 Å². The minimum absolute atomic E-state index is 0.446. The van der Waals surface area contributed by atoms with Crippen LogP contribution in [-0.4, -0.2) is 12.1 Å². The Morgan fingerprint density at radius 3 is 2.46 bits per heavy atom. The van der Waals surface area contributed by atoms with Gasteiger partial charge in [0.15, 0.2) is 0 Å². The second kappa shape index (κ2) is 8.31. The van der Waals surface area contributed by atoms with Gasteiger partial charge in [0.25, 0.3) is 0 Å². The number of rotatable bonds is 8. The van der Waals surface area contributed by atoms with Crippen molar-refractivity contribution in [2.45, 2.75) is 65.0 Å². The van der Waals surface area contributed by atoms with Gasteiger partial charge < -0.3 is 5.32 Å². The monoisotopic (exact) mass is 183 g/mol. The third-order valence-electron chi connectivity index (χ3n) is 2.39. The Labute approximate surface area is 83.6 Å². The van der Waals surface area contributed by atoms with E-state index >= 15 is 0 Å². The molecule has 0 saturated heterocycles. The molecule has 78 valence electrons. The summed E-state index contributed by atoms with van der Waals surface area (Å²) in [5.41, 5.74) is 0. The zero-order valence-corrected chi connectivity index (χ0v) is 9.47. The fourth-order valence-corrected chi connectivity index (χ4v) is 1.48. The molecular formula is C12H25N. The third kappa shape index (κ3) is 8.04. The first kappa shape index (κ1) is 12.7. The van der Waals surface area contributed by atoms with Crippen LogP contribution in [0.1, 0.15) is 52.9 Å². The molecular weight excluding hydrogens is 158 g/mol. The van der Waals surface area contributed by atoms with E-state index in [1.807, 2.05) is 6.08 Å². The first-order chi connectivity index (χ1) is 6.20. The summed E-state index contributed by atoms with van der Waals surface area (Å²) in [6.45, 7) is 10.4. The van der Waals surface area contributed by atoms with Crippen LogP contribution in [0.5, 0.6) is 0 Å². The lowest BCUT2D eigenvalue weighted by atomic mass is 10.1. The van der Waals surface area contributed by atoms with Crippen molar-refractivity contribution in [2.24, 2.45) is 0 Å². The van der Waals surface area contributed by atoms with Gasteiger partial charge in [-0.15, -0.1) is 6.58 Å². The first-order valence-electron chi connectivity index (χ1n) is 5.59. The van der Waals surface area contributed by atoms with Crippen LogP contribution in [0, 0.1) is 0 Å². The number of unbranched alkanes of at least 4 members (excludes halogenated alkanes) is 3. The standard InChI is InChI=1S/C12H25N/c1-5-7-8-9-10-12(4)13-11(3)6-2/h6,11-13H,2,5,7-10H2,1,3-4H3. The molecule has 1 heteroatoms. The lowest BCUT2D eigenvalue weighted by Crippen LogP contribution is -2.32. The maximum atomic E-state index is 3.76. The Balaban J connectivity index is 3.29. The molecule has 0 aliphatic heterocycles. The van der Waals surface area contributed by atoms with Crippen molar-refractivity contribution in [2.75, 3.05) is 0 Å². The summed E-state index contributed by atoms with van der Waals surface area (Å²) >= 11 is 0. The summed E-state index contributed by atoms with van der Waals surface area (Å²) in [6, 6.07) is 1.08. The highest BCUT2D eigenvalue weighted by Crippen LogP contribution is 2.05. The van der Waals surface area contributed by atoms with Gasteiger partial charge in [0.05, 0.1) is 0 Å². The van der Waals surface area contributed by atoms with Gasteiger partial charge >= 0.3 is 0 Å². The average molecular weight is 183 g/mol. The topological polar surface area (TPSA) is 12.0 Å². The molecule has 0 aromatic heterocycles. The predicted octanol–water partition coefficient (Wildman–Crippen LogP) is 3.51. The Morgan fingerprint density at radius 1 is 1.23 bits per heavy atom. The molecule has 0 bridgehead atoms. The fraction of sp³-hybridized carbons (Fsp3) is 0.833. The first-order valence-corrected chi connectivity index (χ1v) is 5.59. The van der Waals surface area contributed by atoms with E-state index < -0.39 is 0 Å². The minimum atomic E-state index is 0.446. The second-order valence-corrected chi connectivity index (χ2v) is 3.94. The van der Waals surface area contributed by atoms with E-state index in [2.05, 4.69) is 32.7 Å². The van der Waals surface area contributed by atoms with Crippen LogP contribution < -0.4 is 5.32 Å². The molecule has 0 aliphatic carbocycles. The molecule has 0 aliphatic rings. The molecule has 0 fully saturated rings. The smallest absolute Gasteiger partial charge is 0.0221 e. The fourth-order valence-electron chi connectivity index (χ4n) is 1.48. The van der Waals surface area contributed by atoms with Crippen LogP contribution >= 0.6 is 0 Å². The van der Waals surface area contributed by atoms with Crippen molar-refractivity contribution in [3.63, 3.8) is 0 Å². The zero-order chi connectivity index (χ0) is 10.1. The van der Waals surface area contributed by atoms with Gasteiger partial charge in [0.1, 0.15) is 0 Å². The maximum Gasteiger partial charge on any atom is 0.0221 e. The van der Waals surface area contributed by atoms with Crippen LogP contribution in [0.25, 0.3) is 0 Å². The quantitative estimate of drug-likeness (QED) is 0.448. The zero-order valence-electron chi connectivity index (χ0n) is 9.47. The van der Waals surface area contributed by atoms with Crippen molar-refractivity contribution >= 4 is 0 Å². The lowest BCUT2D eigenvalue weighted by molar-refractivity contribution is 0.463. The summed E-state index contributed by atoms with van der Waals surface area (Å²) in [5, 5.41) is 3.49. The van der Waals surface area contributed by atoms with Gasteiger partial charge in [-0.2, -0.15) is 0 Å². The molecule has 0 heterocycles. The highest BCUT2D eigenvalue weighted by molar-refractivity contribution is 4.83. The van der Waals surface area contributed by atoms with Crippen molar-refractivity contribution in [1.82, 2.24) is 5.32 Å². The molecule has 1 nitrogen and oxygen atoms in total. The summed E-state index contributed by atoms with van der Waals surface area (Å²) < 4.78 is 0. The van der Waals surface area contributed by atoms with Gasteiger partial charge in [-0.05, 0) is 20.3 Å². The Hall–Kier alpha value is -0.300. The van der Waals surface area contributed by atoms with Crippen molar-refractivity contribution < 1.29 is 0 Å². The van der Waals surface area contributed by atoms with Gasteiger partial charge in [0.2, 0.25) is 0 Å².